The molecule has 1 heterocycles. The Morgan fingerprint density at radius 2 is 1.89 bits per heavy atom. The van der Waals surface area contributed by atoms with E-state index in [0.717, 1.165) is 77.4 Å². The summed E-state index contributed by atoms with van der Waals surface area (Å²) < 4.78 is 5.97. The molecule has 2 aliphatic rings. The van der Waals surface area contributed by atoms with Crippen molar-refractivity contribution in [2.75, 3.05) is 39.3 Å². The summed E-state index contributed by atoms with van der Waals surface area (Å²) in [6, 6.07) is 0. The third-order valence-corrected chi connectivity index (χ3v) is 5.39. The molecule has 0 radical (unpaired) electrons. The van der Waals surface area contributed by atoms with Gasteiger partial charge >= 0.3 is 0 Å². The quantitative estimate of drug-likeness (QED) is 0.205. The molecule has 0 aromatic heterocycles. The molecule has 28 heavy (non-hydrogen) atoms. The predicted octanol–water partition coefficient (Wildman–Crippen LogP) is 3.69. The van der Waals surface area contributed by atoms with Crippen molar-refractivity contribution in [3.8, 4) is 0 Å². The van der Waals surface area contributed by atoms with Gasteiger partial charge in [0.05, 0.1) is 6.10 Å². The Morgan fingerprint density at radius 1 is 1.11 bits per heavy atom. The summed E-state index contributed by atoms with van der Waals surface area (Å²) in [5.74, 6) is 1.19. The van der Waals surface area contributed by atoms with E-state index in [1.807, 2.05) is 4.90 Å². The van der Waals surface area contributed by atoms with Gasteiger partial charge in [-0.05, 0) is 45.4 Å². The van der Waals surface area contributed by atoms with Crippen LogP contribution in [-0.2, 0) is 9.53 Å². The maximum Gasteiger partial charge on any atom is 0.222 e. The van der Waals surface area contributed by atoms with Crippen LogP contribution in [0.25, 0.3) is 0 Å². The number of carbonyl (C=O) groups is 1. The Hall–Kier alpha value is -0.570. The van der Waals surface area contributed by atoms with Gasteiger partial charge in [0.25, 0.3) is 0 Å². The number of amides is 1. The molecular weight excluding hydrogens is 467 g/mol. The highest BCUT2D eigenvalue weighted by Crippen LogP contribution is 2.20. The number of hydrogen-bond donors (Lipinski definition) is 2. The maximum atomic E-state index is 12.0. The average molecular weight is 508 g/mol. The number of ether oxygens (including phenoxy) is 1. The molecule has 1 saturated carbocycles. The molecular formula is C21H41IN4O2. The number of nitrogens with zero attached hydrogens (tertiary/aromatic N) is 2. The standard InChI is InChI=1S/C21H40N4O2.HI/c1-2-22-21(24-15-10-18-27-19-11-5-3-6-12-19)23-14-9-17-25-16-8-4-7-13-20(25)26;/h19H,2-18H2,1H3,(H2,22,23,24);1H. The molecule has 1 saturated heterocycles. The fourth-order valence-electron chi connectivity index (χ4n) is 3.83. The first-order valence-electron chi connectivity index (χ1n) is 11.2. The van der Waals surface area contributed by atoms with Crippen LogP contribution in [0.2, 0.25) is 0 Å². The lowest BCUT2D eigenvalue weighted by atomic mass is 9.98. The normalized spacial score (nSPS) is 19.1. The van der Waals surface area contributed by atoms with Gasteiger partial charge in [-0.1, -0.05) is 25.7 Å². The van der Waals surface area contributed by atoms with Crippen molar-refractivity contribution in [3.63, 3.8) is 0 Å². The number of nitrogens with one attached hydrogen (secondary N) is 2. The SMILES string of the molecule is CCNC(=NCCCN1CCCCCC1=O)NCCCOC1CCCCC1.I. The molecule has 6 nitrogen and oxygen atoms in total. The van der Waals surface area contributed by atoms with E-state index in [0.29, 0.717) is 12.0 Å². The van der Waals surface area contributed by atoms with E-state index in [1.54, 1.807) is 0 Å². The third-order valence-electron chi connectivity index (χ3n) is 5.39. The van der Waals surface area contributed by atoms with Gasteiger partial charge in [0.15, 0.2) is 5.96 Å². The van der Waals surface area contributed by atoms with Crippen molar-refractivity contribution in [3.05, 3.63) is 0 Å². The van der Waals surface area contributed by atoms with Crippen molar-refractivity contribution in [1.82, 2.24) is 15.5 Å². The third kappa shape index (κ3) is 10.8. The second-order valence-electron chi connectivity index (χ2n) is 7.72. The van der Waals surface area contributed by atoms with E-state index in [1.165, 1.54) is 38.5 Å². The minimum Gasteiger partial charge on any atom is -0.378 e. The zero-order chi connectivity index (χ0) is 19.2. The van der Waals surface area contributed by atoms with Crippen LogP contribution in [0.5, 0.6) is 0 Å². The molecule has 164 valence electrons. The van der Waals surface area contributed by atoms with Crippen molar-refractivity contribution < 1.29 is 9.53 Å². The first-order chi connectivity index (χ1) is 13.3. The summed E-state index contributed by atoms with van der Waals surface area (Å²) in [4.78, 5) is 18.7. The molecule has 7 heteroatoms. The number of halogens is 1. The highest BCUT2D eigenvalue weighted by molar-refractivity contribution is 14.0. The molecule has 0 atom stereocenters. The number of carbonyl (C=O) groups excluding carboxylic acids is 1. The molecule has 2 N–H and O–H groups in total. The van der Waals surface area contributed by atoms with Crippen LogP contribution >= 0.6 is 24.0 Å². The van der Waals surface area contributed by atoms with Crippen LogP contribution in [-0.4, -0.2) is 62.2 Å². The molecule has 0 aromatic carbocycles. The predicted molar refractivity (Wildman–Crippen MR) is 127 cm³/mol. The summed E-state index contributed by atoms with van der Waals surface area (Å²) >= 11 is 0. The molecule has 1 aliphatic heterocycles. The lowest BCUT2D eigenvalue weighted by molar-refractivity contribution is -0.130. The minimum atomic E-state index is 0. The Labute approximate surface area is 188 Å². The lowest BCUT2D eigenvalue weighted by Gasteiger charge is -2.22. The smallest absolute Gasteiger partial charge is 0.222 e. The van der Waals surface area contributed by atoms with Crippen molar-refractivity contribution >= 4 is 35.8 Å². The zero-order valence-electron chi connectivity index (χ0n) is 17.7. The number of guanidine groups is 1. The van der Waals surface area contributed by atoms with Gasteiger partial charge < -0.3 is 20.3 Å². The highest BCUT2D eigenvalue weighted by atomic mass is 127. The van der Waals surface area contributed by atoms with Crippen molar-refractivity contribution in [2.45, 2.75) is 83.7 Å². The number of rotatable bonds is 10. The van der Waals surface area contributed by atoms with E-state index in [2.05, 4.69) is 22.5 Å². The first kappa shape index (κ1) is 25.5. The molecule has 0 spiro atoms. The second-order valence-corrected chi connectivity index (χ2v) is 7.72. The molecule has 0 bridgehead atoms. The highest BCUT2D eigenvalue weighted by Gasteiger charge is 2.15. The van der Waals surface area contributed by atoms with Crippen molar-refractivity contribution in [2.24, 2.45) is 4.99 Å². The Bertz CT molecular complexity index is 442. The first-order valence-corrected chi connectivity index (χ1v) is 11.2. The Kier molecular flexibility index (Phi) is 14.8. The lowest BCUT2D eigenvalue weighted by Crippen LogP contribution is -2.38. The van der Waals surface area contributed by atoms with Crippen LogP contribution < -0.4 is 10.6 Å². The van der Waals surface area contributed by atoms with E-state index < -0.39 is 0 Å². The van der Waals surface area contributed by atoms with Gasteiger partial charge in [0, 0.05) is 45.8 Å². The van der Waals surface area contributed by atoms with Crippen LogP contribution in [0.1, 0.15) is 77.6 Å². The van der Waals surface area contributed by atoms with Crippen LogP contribution in [0, 0.1) is 0 Å². The summed E-state index contributed by atoms with van der Waals surface area (Å²) in [5.41, 5.74) is 0. The monoisotopic (exact) mass is 508 g/mol. The minimum absolute atomic E-state index is 0. The van der Waals surface area contributed by atoms with E-state index in [9.17, 15) is 4.79 Å². The molecule has 1 amide bonds. The summed E-state index contributed by atoms with van der Waals surface area (Å²) in [5, 5.41) is 6.69. The molecule has 1 aliphatic carbocycles. The molecule has 0 unspecified atom stereocenters. The van der Waals surface area contributed by atoms with Crippen molar-refractivity contribution in [1.29, 1.82) is 0 Å². The molecule has 2 rings (SSSR count). The fourth-order valence-corrected chi connectivity index (χ4v) is 3.83. The van der Waals surface area contributed by atoms with Crippen LogP contribution in [0.3, 0.4) is 0 Å². The van der Waals surface area contributed by atoms with Crippen LogP contribution in [0.4, 0.5) is 0 Å². The van der Waals surface area contributed by atoms with E-state index in [-0.39, 0.29) is 24.0 Å². The van der Waals surface area contributed by atoms with Gasteiger partial charge in [-0.15, -0.1) is 24.0 Å². The Morgan fingerprint density at radius 3 is 2.68 bits per heavy atom. The largest absolute Gasteiger partial charge is 0.378 e. The number of hydrogen-bond acceptors (Lipinski definition) is 3. The van der Waals surface area contributed by atoms with Gasteiger partial charge in [-0.2, -0.15) is 0 Å². The van der Waals surface area contributed by atoms with E-state index in [4.69, 9.17) is 4.74 Å². The van der Waals surface area contributed by atoms with Crippen LogP contribution in [0.15, 0.2) is 4.99 Å². The number of aliphatic imine (C=N–C) groups is 1. The average Bonchev–Trinajstić information content (AvgIpc) is 2.90. The van der Waals surface area contributed by atoms with Gasteiger partial charge in [-0.25, -0.2) is 0 Å². The topological polar surface area (TPSA) is 66.0 Å². The Balaban J connectivity index is 0.00000392. The fraction of sp³-hybridized carbons (Fsp3) is 0.905. The van der Waals surface area contributed by atoms with Gasteiger partial charge in [0.1, 0.15) is 0 Å². The summed E-state index contributed by atoms with van der Waals surface area (Å²) in [6.07, 6.45) is 13.0. The maximum absolute atomic E-state index is 12.0. The summed E-state index contributed by atoms with van der Waals surface area (Å²) in [7, 11) is 0. The van der Waals surface area contributed by atoms with E-state index >= 15 is 0 Å². The van der Waals surface area contributed by atoms with Gasteiger partial charge in [-0.3, -0.25) is 9.79 Å². The number of likely N-dealkylation sites (tertiary alicyclic amines) is 1. The molecule has 2 fully saturated rings. The molecule has 0 aromatic rings. The summed E-state index contributed by atoms with van der Waals surface area (Å²) in [6.45, 7) is 7.14. The van der Waals surface area contributed by atoms with Gasteiger partial charge in [0.2, 0.25) is 5.91 Å². The zero-order valence-corrected chi connectivity index (χ0v) is 20.0. The second kappa shape index (κ2) is 16.3.